The van der Waals surface area contributed by atoms with Gasteiger partial charge in [-0.2, -0.15) is 13.2 Å². The van der Waals surface area contributed by atoms with Crippen LogP contribution in [0.1, 0.15) is 0 Å². The minimum absolute atomic E-state index is 0.122. The highest BCUT2D eigenvalue weighted by Gasteiger charge is 2.31. The third-order valence-corrected chi connectivity index (χ3v) is 2.10. The van der Waals surface area contributed by atoms with E-state index in [2.05, 4.69) is 0 Å². The average molecular weight is 268 g/mol. The van der Waals surface area contributed by atoms with Crippen LogP contribution in [0.4, 0.5) is 18.9 Å². The molecule has 0 aliphatic heterocycles. The Hall–Kier alpha value is -1.43. The number of anilines is 1. The fraction of sp³-hybridized carbons (Fsp3) is 0.300. The fourth-order valence-corrected chi connectivity index (χ4v) is 1.48. The lowest BCUT2D eigenvalue weighted by Crippen LogP contribution is -2.37. The van der Waals surface area contributed by atoms with Crippen LogP contribution in [-0.2, 0) is 4.79 Å². The second-order valence-electron chi connectivity index (χ2n) is 3.34. The maximum atomic E-state index is 12.3. The molecule has 0 aliphatic rings. The zero-order valence-corrected chi connectivity index (χ0v) is 9.29. The van der Waals surface area contributed by atoms with Crippen molar-refractivity contribution >= 4 is 23.3 Å². The quantitative estimate of drug-likeness (QED) is 0.912. The summed E-state index contributed by atoms with van der Waals surface area (Å²) in [5.41, 5.74) is 0.122. The molecular formula is C10H9ClF3NO2. The van der Waals surface area contributed by atoms with E-state index in [0.29, 0.717) is 4.90 Å². The van der Waals surface area contributed by atoms with Crippen LogP contribution in [0.5, 0.6) is 0 Å². The van der Waals surface area contributed by atoms with Gasteiger partial charge in [0.15, 0.2) is 0 Å². The molecule has 94 valence electrons. The summed E-state index contributed by atoms with van der Waals surface area (Å²) in [5, 5.41) is 8.82. The van der Waals surface area contributed by atoms with Crippen molar-refractivity contribution in [3.05, 3.63) is 29.3 Å². The van der Waals surface area contributed by atoms with Gasteiger partial charge in [-0.05, 0) is 18.2 Å². The van der Waals surface area contributed by atoms with Gasteiger partial charge in [0, 0.05) is 10.7 Å². The highest BCUT2D eigenvalue weighted by molar-refractivity contribution is 6.30. The molecule has 1 aromatic rings. The van der Waals surface area contributed by atoms with Crippen molar-refractivity contribution in [1.29, 1.82) is 0 Å². The predicted octanol–water partition coefficient (Wildman–Crippen LogP) is 2.79. The van der Waals surface area contributed by atoms with Crippen LogP contribution in [0.15, 0.2) is 24.3 Å². The first-order valence-corrected chi connectivity index (χ1v) is 4.95. The molecule has 0 fully saturated rings. The lowest BCUT2D eigenvalue weighted by Gasteiger charge is -2.24. The van der Waals surface area contributed by atoms with Crippen molar-refractivity contribution in [2.75, 3.05) is 18.0 Å². The number of carboxylic acids is 1. The Labute approximate surface area is 100 Å². The van der Waals surface area contributed by atoms with E-state index >= 15 is 0 Å². The number of carboxylic acid groups (broad SMARTS) is 1. The molecule has 7 heteroatoms. The number of nitrogens with zero attached hydrogens (tertiary/aromatic N) is 1. The first-order chi connectivity index (χ1) is 7.78. The molecule has 0 spiro atoms. The number of carbonyl (C=O) groups is 1. The van der Waals surface area contributed by atoms with E-state index < -0.39 is 25.2 Å². The van der Waals surface area contributed by atoms with Gasteiger partial charge in [0.1, 0.15) is 13.1 Å². The Bertz CT molecular complexity index is 409. The number of halogens is 4. The topological polar surface area (TPSA) is 40.5 Å². The van der Waals surface area contributed by atoms with Gasteiger partial charge in [0.25, 0.3) is 0 Å². The minimum atomic E-state index is -4.47. The largest absolute Gasteiger partial charge is 0.480 e. The van der Waals surface area contributed by atoms with Crippen molar-refractivity contribution in [3.8, 4) is 0 Å². The molecule has 0 radical (unpaired) electrons. The van der Waals surface area contributed by atoms with Gasteiger partial charge >= 0.3 is 12.1 Å². The van der Waals surface area contributed by atoms with Gasteiger partial charge in [0.05, 0.1) is 0 Å². The Morgan fingerprint density at radius 3 is 2.53 bits per heavy atom. The second-order valence-corrected chi connectivity index (χ2v) is 3.78. The van der Waals surface area contributed by atoms with Crippen LogP contribution >= 0.6 is 11.6 Å². The average Bonchev–Trinajstić information content (AvgIpc) is 2.13. The zero-order valence-electron chi connectivity index (χ0n) is 8.54. The van der Waals surface area contributed by atoms with Crippen LogP contribution in [0.2, 0.25) is 5.02 Å². The molecule has 0 saturated carbocycles. The van der Waals surface area contributed by atoms with E-state index in [1.54, 1.807) is 0 Å². The normalized spacial score (nSPS) is 11.3. The zero-order chi connectivity index (χ0) is 13.1. The monoisotopic (exact) mass is 267 g/mol. The smallest absolute Gasteiger partial charge is 0.405 e. The molecule has 1 N–H and O–H groups in total. The first kappa shape index (κ1) is 13.6. The van der Waals surface area contributed by atoms with Gasteiger partial charge < -0.3 is 10.0 Å². The molecule has 0 aromatic heterocycles. The van der Waals surface area contributed by atoms with Gasteiger partial charge in [-0.3, -0.25) is 4.79 Å². The summed E-state index contributed by atoms with van der Waals surface area (Å²) in [6, 6.07) is 5.62. The summed E-state index contributed by atoms with van der Waals surface area (Å²) >= 11 is 5.64. The van der Waals surface area contributed by atoms with Crippen molar-refractivity contribution < 1.29 is 23.1 Å². The van der Waals surface area contributed by atoms with Crippen molar-refractivity contribution in [3.63, 3.8) is 0 Å². The van der Waals surface area contributed by atoms with E-state index in [4.69, 9.17) is 16.7 Å². The Kier molecular flexibility index (Phi) is 4.22. The first-order valence-electron chi connectivity index (χ1n) is 4.57. The van der Waals surface area contributed by atoms with E-state index in [0.717, 1.165) is 0 Å². The molecule has 3 nitrogen and oxygen atoms in total. The Morgan fingerprint density at radius 2 is 2.06 bits per heavy atom. The molecule has 0 heterocycles. The van der Waals surface area contributed by atoms with Gasteiger partial charge in [0.2, 0.25) is 0 Å². The lowest BCUT2D eigenvalue weighted by atomic mass is 10.3. The summed E-state index contributed by atoms with van der Waals surface area (Å²) < 4.78 is 36.8. The van der Waals surface area contributed by atoms with Crippen LogP contribution in [0, 0.1) is 0 Å². The molecule has 0 saturated heterocycles. The van der Waals surface area contributed by atoms with Crippen LogP contribution in [0.25, 0.3) is 0 Å². The molecule has 0 atom stereocenters. The number of rotatable bonds is 4. The fourth-order valence-electron chi connectivity index (χ4n) is 1.29. The van der Waals surface area contributed by atoms with E-state index in [1.807, 2.05) is 0 Å². The molecular weight excluding hydrogens is 259 g/mol. The van der Waals surface area contributed by atoms with E-state index in [1.165, 1.54) is 24.3 Å². The van der Waals surface area contributed by atoms with Crippen molar-refractivity contribution in [1.82, 2.24) is 0 Å². The van der Waals surface area contributed by atoms with Gasteiger partial charge in [-0.15, -0.1) is 0 Å². The summed E-state index contributed by atoms with van der Waals surface area (Å²) in [6.07, 6.45) is -4.47. The Morgan fingerprint density at radius 1 is 1.41 bits per heavy atom. The van der Waals surface area contributed by atoms with E-state index in [-0.39, 0.29) is 10.7 Å². The second kappa shape index (κ2) is 5.27. The van der Waals surface area contributed by atoms with Gasteiger partial charge in [-0.1, -0.05) is 17.7 Å². The molecule has 0 unspecified atom stereocenters. The van der Waals surface area contributed by atoms with Crippen LogP contribution < -0.4 is 4.90 Å². The maximum Gasteiger partial charge on any atom is 0.405 e. The molecule has 17 heavy (non-hydrogen) atoms. The molecule has 0 bridgehead atoms. The number of aliphatic carboxylic acids is 1. The Balaban J connectivity index is 2.93. The molecule has 0 amide bonds. The van der Waals surface area contributed by atoms with Crippen molar-refractivity contribution in [2.24, 2.45) is 0 Å². The third-order valence-electron chi connectivity index (χ3n) is 1.87. The molecule has 0 aliphatic carbocycles. The predicted molar refractivity (Wildman–Crippen MR) is 57.4 cm³/mol. The van der Waals surface area contributed by atoms with Crippen LogP contribution in [0.3, 0.4) is 0 Å². The lowest BCUT2D eigenvalue weighted by molar-refractivity contribution is -0.136. The minimum Gasteiger partial charge on any atom is -0.480 e. The summed E-state index contributed by atoms with van der Waals surface area (Å²) in [6.45, 7) is -2.07. The van der Waals surface area contributed by atoms with E-state index in [9.17, 15) is 18.0 Å². The van der Waals surface area contributed by atoms with Crippen LogP contribution in [-0.4, -0.2) is 30.3 Å². The number of hydrogen-bond acceptors (Lipinski definition) is 2. The highest BCUT2D eigenvalue weighted by Crippen LogP contribution is 2.24. The number of hydrogen-bond donors (Lipinski definition) is 1. The van der Waals surface area contributed by atoms with Crippen molar-refractivity contribution in [2.45, 2.75) is 6.18 Å². The summed E-state index contributed by atoms with van der Waals surface area (Å²) in [7, 11) is 0. The standard InChI is InChI=1S/C10H9ClF3NO2/c11-7-2-1-3-8(4-7)15(5-9(16)17)6-10(12,13)14/h1-4H,5-6H2,(H,16,17). The summed E-state index contributed by atoms with van der Waals surface area (Å²) in [4.78, 5) is 11.2. The maximum absolute atomic E-state index is 12.3. The summed E-state index contributed by atoms with van der Waals surface area (Å²) in [5.74, 6) is -1.34. The highest BCUT2D eigenvalue weighted by atomic mass is 35.5. The SMILES string of the molecule is O=C(O)CN(CC(F)(F)F)c1cccc(Cl)c1. The molecule has 1 aromatic carbocycles. The van der Waals surface area contributed by atoms with Gasteiger partial charge in [-0.25, -0.2) is 0 Å². The third kappa shape index (κ3) is 4.95. The molecule has 1 rings (SSSR count). The number of benzene rings is 1. The number of alkyl halides is 3.